The standard InChI is InChI=1S/C26H54N2O/c1-4-7-10-13-14-15-16-17-20-23-27-26(29)28(24-21-18-11-8-5-2)25-22-19-12-9-6-3/h4-25H2,1-3H3,(H,27,29). The Labute approximate surface area is 183 Å². The molecule has 29 heavy (non-hydrogen) atoms. The van der Waals surface area contributed by atoms with Crippen LogP contribution in [-0.4, -0.2) is 30.6 Å². The van der Waals surface area contributed by atoms with Crippen LogP contribution in [0, 0.1) is 0 Å². The zero-order valence-electron chi connectivity index (χ0n) is 20.4. The van der Waals surface area contributed by atoms with Crippen LogP contribution in [-0.2, 0) is 0 Å². The van der Waals surface area contributed by atoms with Gasteiger partial charge in [0.05, 0.1) is 0 Å². The van der Waals surface area contributed by atoms with Gasteiger partial charge in [0.2, 0.25) is 0 Å². The summed E-state index contributed by atoms with van der Waals surface area (Å²) in [6.45, 7) is 9.48. The van der Waals surface area contributed by atoms with Crippen LogP contribution in [0.2, 0.25) is 0 Å². The fourth-order valence-electron chi connectivity index (χ4n) is 3.87. The number of rotatable bonds is 22. The lowest BCUT2D eigenvalue weighted by Gasteiger charge is -2.23. The largest absolute Gasteiger partial charge is 0.338 e. The highest BCUT2D eigenvalue weighted by Gasteiger charge is 2.12. The number of carbonyl (C=O) groups is 1. The molecule has 0 bridgehead atoms. The lowest BCUT2D eigenvalue weighted by atomic mass is 10.1. The minimum Gasteiger partial charge on any atom is -0.338 e. The molecule has 0 aromatic heterocycles. The van der Waals surface area contributed by atoms with Crippen LogP contribution in [0.4, 0.5) is 4.79 Å². The first-order valence-corrected chi connectivity index (χ1v) is 13.3. The molecule has 0 aromatic rings. The molecule has 0 spiro atoms. The van der Waals surface area contributed by atoms with Gasteiger partial charge in [-0.25, -0.2) is 4.79 Å². The summed E-state index contributed by atoms with van der Waals surface area (Å²) < 4.78 is 0. The van der Waals surface area contributed by atoms with Crippen molar-refractivity contribution >= 4 is 6.03 Å². The summed E-state index contributed by atoms with van der Waals surface area (Å²) in [6, 6.07) is 0.176. The van der Waals surface area contributed by atoms with E-state index < -0.39 is 0 Å². The summed E-state index contributed by atoms with van der Waals surface area (Å²) >= 11 is 0. The second kappa shape index (κ2) is 23.5. The van der Waals surface area contributed by atoms with Gasteiger partial charge >= 0.3 is 6.03 Å². The van der Waals surface area contributed by atoms with Gasteiger partial charge in [-0.2, -0.15) is 0 Å². The predicted octanol–water partition coefficient (Wildman–Crippen LogP) is 8.47. The third kappa shape index (κ3) is 20.3. The van der Waals surface area contributed by atoms with E-state index >= 15 is 0 Å². The maximum absolute atomic E-state index is 12.6. The maximum atomic E-state index is 12.6. The highest BCUT2D eigenvalue weighted by molar-refractivity contribution is 5.74. The molecule has 0 aliphatic carbocycles. The molecule has 0 atom stereocenters. The van der Waals surface area contributed by atoms with Crippen molar-refractivity contribution in [3.63, 3.8) is 0 Å². The van der Waals surface area contributed by atoms with Crippen molar-refractivity contribution in [1.82, 2.24) is 10.2 Å². The number of hydrogen-bond donors (Lipinski definition) is 1. The van der Waals surface area contributed by atoms with Gasteiger partial charge < -0.3 is 10.2 Å². The van der Waals surface area contributed by atoms with E-state index in [1.165, 1.54) is 103 Å². The highest BCUT2D eigenvalue weighted by Crippen LogP contribution is 2.10. The molecule has 0 saturated heterocycles. The molecular formula is C26H54N2O. The van der Waals surface area contributed by atoms with Crippen LogP contribution in [0.1, 0.15) is 143 Å². The van der Waals surface area contributed by atoms with E-state index in [2.05, 4.69) is 31.0 Å². The average Bonchev–Trinajstić information content (AvgIpc) is 2.73. The first kappa shape index (κ1) is 28.3. The molecule has 3 nitrogen and oxygen atoms in total. The zero-order valence-corrected chi connectivity index (χ0v) is 20.4. The van der Waals surface area contributed by atoms with Crippen molar-refractivity contribution in [1.29, 1.82) is 0 Å². The van der Waals surface area contributed by atoms with Crippen molar-refractivity contribution in [3.8, 4) is 0 Å². The van der Waals surface area contributed by atoms with Gasteiger partial charge in [-0.15, -0.1) is 0 Å². The molecule has 0 fully saturated rings. The summed E-state index contributed by atoms with van der Waals surface area (Å²) in [5, 5.41) is 3.19. The fourth-order valence-corrected chi connectivity index (χ4v) is 3.87. The smallest absolute Gasteiger partial charge is 0.317 e. The molecule has 174 valence electrons. The Morgan fingerprint density at radius 3 is 1.28 bits per heavy atom. The minimum absolute atomic E-state index is 0.176. The van der Waals surface area contributed by atoms with E-state index in [0.29, 0.717) is 0 Å². The fraction of sp³-hybridized carbons (Fsp3) is 0.962. The zero-order chi connectivity index (χ0) is 21.4. The SMILES string of the molecule is CCCCCCCCCCCNC(=O)N(CCCCCCC)CCCCCCC. The molecular weight excluding hydrogens is 356 g/mol. The van der Waals surface area contributed by atoms with E-state index in [9.17, 15) is 4.79 Å². The quantitative estimate of drug-likeness (QED) is 0.178. The molecule has 0 aliphatic rings. The molecule has 3 heteroatoms. The lowest BCUT2D eigenvalue weighted by Crippen LogP contribution is -2.41. The molecule has 0 rings (SSSR count). The van der Waals surface area contributed by atoms with Gasteiger partial charge in [-0.1, -0.05) is 124 Å². The Morgan fingerprint density at radius 1 is 0.517 bits per heavy atom. The summed E-state index contributed by atoms with van der Waals surface area (Å²) in [7, 11) is 0. The van der Waals surface area contributed by atoms with Crippen LogP contribution >= 0.6 is 0 Å². The van der Waals surface area contributed by atoms with Crippen LogP contribution in [0.5, 0.6) is 0 Å². The summed E-state index contributed by atoms with van der Waals surface area (Å²) in [5.74, 6) is 0. The number of amides is 2. The number of nitrogens with one attached hydrogen (secondary N) is 1. The van der Waals surface area contributed by atoms with Crippen LogP contribution in [0.3, 0.4) is 0 Å². The van der Waals surface area contributed by atoms with Crippen molar-refractivity contribution in [2.75, 3.05) is 19.6 Å². The van der Waals surface area contributed by atoms with Crippen LogP contribution in [0.15, 0.2) is 0 Å². The third-order valence-electron chi connectivity index (χ3n) is 5.91. The molecule has 0 unspecified atom stereocenters. The molecule has 0 aliphatic heterocycles. The Kier molecular flexibility index (Phi) is 23.0. The summed E-state index contributed by atoms with van der Waals surface area (Å²) in [5.41, 5.74) is 0. The molecule has 1 N–H and O–H groups in total. The normalized spacial score (nSPS) is 11.0. The Morgan fingerprint density at radius 2 is 0.862 bits per heavy atom. The minimum atomic E-state index is 0.176. The van der Waals surface area contributed by atoms with Gasteiger partial charge in [0.25, 0.3) is 0 Å². The molecule has 0 heterocycles. The maximum Gasteiger partial charge on any atom is 0.317 e. The van der Waals surface area contributed by atoms with E-state index in [1.807, 2.05) is 0 Å². The Balaban J connectivity index is 3.89. The van der Waals surface area contributed by atoms with Crippen LogP contribution < -0.4 is 5.32 Å². The number of carbonyl (C=O) groups excluding carboxylic acids is 1. The van der Waals surface area contributed by atoms with Gasteiger partial charge in [-0.3, -0.25) is 0 Å². The van der Waals surface area contributed by atoms with E-state index in [-0.39, 0.29) is 6.03 Å². The molecule has 0 saturated carbocycles. The Hall–Kier alpha value is -0.730. The monoisotopic (exact) mass is 410 g/mol. The first-order valence-electron chi connectivity index (χ1n) is 13.3. The topological polar surface area (TPSA) is 32.3 Å². The summed E-state index contributed by atoms with van der Waals surface area (Å²) in [6.07, 6.45) is 24.6. The van der Waals surface area contributed by atoms with E-state index in [4.69, 9.17) is 0 Å². The second-order valence-electron chi connectivity index (χ2n) is 8.88. The van der Waals surface area contributed by atoms with Gasteiger partial charge in [-0.05, 0) is 19.3 Å². The molecule has 0 radical (unpaired) electrons. The highest BCUT2D eigenvalue weighted by atomic mass is 16.2. The number of hydrogen-bond acceptors (Lipinski definition) is 1. The van der Waals surface area contributed by atoms with Crippen molar-refractivity contribution in [2.45, 2.75) is 143 Å². The van der Waals surface area contributed by atoms with Crippen molar-refractivity contribution < 1.29 is 4.79 Å². The predicted molar refractivity (Wildman–Crippen MR) is 130 cm³/mol. The van der Waals surface area contributed by atoms with Gasteiger partial charge in [0, 0.05) is 19.6 Å². The Bertz CT molecular complexity index is 319. The van der Waals surface area contributed by atoms with E-state index in [0.717, 1.165) is 38.9 Å². The molecule has 2 amide bonds. The average molecular weight is 411 g/mol. The number of nitrogens with zero attached hydrogens (tertiary/aromatic N) is 1. The van der Waals surface area contributed by atoms with Gasteiger partial charge in [0.15, 0.2) is 0 Å². The second-order valence-corrected chi connectivity index (χ2v) is 8.88. The van der Waals surface area contributed by atoms with Crippen molar-refractivity contribution in [3.05, 3.63) is 0 Å². The number of urea groups is 1. The van der Waals surface area contributed by atoms with E-state index in [1.54, 1.807) is 0 Å². The lowest BCUT2D eigenvalue weighted by molar-refractivity contribution is 0.195. The number of unbranched alkanes of at least 4 members (excludes halogenated alkanes) is 16. The van der Waals surface area contributed by atoms with Crippen LogP contribution in [0.25, 0.3) is 0 Å². The first-order chi connectivity index (χ1) is 14.3. The van der Waals surface area contributed by atoms with Crippen molar-refractivity contribution in [2.24, 2.45) is 0 Å². The van der Waals surface area contributed by atoms with Gasteiger partial charge in [0.1, 0.15) is 0 Å². The summed E-state index contributed by atoms with van der Waals surface area (Å²) in [4.78, 5) is 14.7. The third-order valence-corrected chi connectivity index (χ3v) is 5.91. The molecule has 0 aromatic carbocycles.